The molecular formula is C8H16O6S2. The third-order valence-electron chi connectivity index (χ3n) is 1.12. The van der Waals surface area contributed by atoms with Gasteiger partial charge in [-0.25, -0.2) is 0 Å². The Hall–Kier alpha value is -0.410. The Morgan fingerprint density at radius 1 is 1.19 bits per heavy atom. The molecule has 0 bridgehead atoms. The van der Waals surface area contributed by atoms with Crippen molar-refractivity contribution < 1.29 is 30.3 Å². The van der Waals surface area contributed by atoms with Crippen molar-refractivity contribution in [3.8, 4) is 0 Å². The van der Waals surface area contributed by atoms with E-state index >= 15 is 0 Å². The van der Waals surface area contributed by atoms with Gasteiger partial charge in [-0.1, -0.05) is 0 Å². The highest BCUT2D eigenvalue weighted by Crippen LogP contribution is 1.94. The zero-order chi connectivity index (χ0) is 13.0. The van der Waals surface area contributed by atoms with Gasteiger partial charge in [0.05, 0.1) is 19.6 Å². The van der Waals surface area contributed by atoms with E-state index in [1.165, 1.54) is 0 Å². The maximum Gasteiger partial charge on any atom is 0.306 e. The molecule has 0 aromatic heterocycles. The van der Waals surface area contributed by atoms with Gasteiger partial charge in [-0.15, -0.1) is 0 Å². The van der Waals surface area contributed by atoms with Crippen molar-refractivity contribution in [3.63, 3.8) is 0 Å². The molecule has 6 nitrogen and oxygen atoms in total. The van der Waals surface area contributed by atoms with Crippen molar-refractivity contribution in [1.82, 2.24) is 0 Å². The quantitative estimate of drug-likeness (QED) is 0.308. The van der Waals surface area contributed by atoms with Crippen LogP contribution in [0.3, 0.4) is 0 Å². The van der Waals surface area contributed by atoms with Crippen molar-refractivity contribution >= 4 is 35.0 Å². The van der Waals surface area contributed by atoms with Gasteiger partial charge < -0.3 is 25.5 Å². The van der Waals surface area contributed by atoms with Gasteiger partial charge in [-0.05, 0) is 12.2 Å². The minimum absolute atomic E-state index is 0.213. The lowest BCUT2D eigenvalue weighted by molar-refractivity contribution is -0.138. The Morgan fingerprint density at radius 3 is 1.81 bits per heavy atom. The summed E-state index contributed by atoms with van der Waals surface area (Å²) in [4.78, 5) is 9.78. The molecule has 0 aliphatic carbocycles. The van der Waals surface area contributed by atoms with E-state index in [0.29, 0.717) is 0 Å². The average molecular weight is 272 g/mol. The van der Waals surface area contributed by atoms with Crippen LogP contribution in [0.1, 0.15) is 6.42 Å². The van der Waals surface area contributed by atoms with E-state index < -0.39 is 23.5 Å². The number of carboxylic acid groups (broad SMARTS) is 1. The third-order valence-corrected chi connectivity index (χ3v) is 2.34. The average Bonchev–Trinajstić information content (AvgIpc) is 2.18. The van der Waals surface area contributed by atoms with Crippen LogP contribution < -0.4 is 0 Å². The molecule has 1 unspecified atom stereocenters. The number of aliphatic hydroxyl groups is 4. The fourth-order valence-corrected chi connectivity index (χ4v) is 1.03. The molecule has 0 fully saturated rings. The second kappa shape index (κ2) is 12.7. The number of thiocarbonyl (C=S) groups is 1. The highest BCUT2D eigenvalue weighted by Gasteiger charge is 2.12. The standard InChI is InChI=1S/C4H6O4S.C4H10O2S/c5-2(4(8)9)1-3(6)7;5-1-3-7-4-2-6/h2,5H,1H2,(H,6,7)(H,8,9);5-6H,1-4H2. The zero-order valence-electron chi connectivity index (χ0n) is 8.57. The van der Waals surface area contributed by atoms with Gasteiger partial charge in [-0.2, -0.15) is 11.8 Å². The smallest absolute Gasteiger partial charge is 0.306 e. The number of carboxylic acids is 1. The number of aliphatic hydroxyl groups excluding tert-OH is 4. The topological polar surface area (TPSA) is 118 Å². The first-order valence-corrected chi connectivity index (χ1v) is 5.94. The first-order chi connectivity index (χ1) is 7.45. The molecule has 0 saturated carbocycles. The Labute approximate surface area is 103 Å². The Kier molecular flexibility index (Phi) is 14.2. The SMILES string of the molecule is O=C(O)CC(O)C(O)=S.OCCSCCO. The van der Waals surface area contributed by atoms with Crippen molar-refractivity contribution in [2.45, 2.75) is 12.5 Å². The van der Waals surface area contributed by atoms with Crippen molar-refractivity contribution in [3.05, 3.63) is 0 Å². The van der Waals surface area contributed by atoms with Crippen molar-refractivity contribution in [2.75, 3.05) is 24.7 Å². The van der Waals surface area contributed by atoms with Gasteiger partial charge >= 0.3 is 5.97 Å². The second-order valence-corrected chi connectivity index (χ2v) is 4.15. The van der Waals surface area contributed by atoms with Crippen LogP contribution in [0.2, 0.25) is 0 Å². The normalized spacial score (nSPS) is 11.2. The van der Waals surface area contributed by atoms with E-state index in [2.05, 4.69) is 12.2 Å². The van der Waals surface area contributed by atoms with Crippen LogP contribution in [0.25, 0.3) is 0 Å². The van der Waals surface area contributed by atoms with Gasteiger partial charge in [0.15, 0.2) is 5.05 Å². The van der Waals surface area contributed by atoms with Crippen molar-refractivity contribution in [2.24, 2.45) is 0 Å². The lowest BCUT2D eigenvalue weighted by atomic mass is 10.3. The van der Waals surface area contributed by atoms with E-state index in [1.807, 2.05) is 0 Å². The van der Waals surface area contributed by atoms with E-state index in [4.69, 9.17) is 25.5 Å². The lowest BCUT2D eigenvalue weighted by Gasteiger charge is -2.01. The number of hydrogen-bond acceptors (Lipinski definition) is 6. The van der Waals surface area contributed by atoms with Crippen LogP contribution in [0.5, 0.6) is 0 Å². The van der Waals surface area contributed by atoms with Gasteiger partial charge in [0.2, 0.25) is 0 Å². The number of rotatable bonds is 7. The molecule has 0 spiro atoms. The van der Waals surface area contributed by atoms with E-state index in [0.717, 1.165) is 11.5 Å². The first kappa shape index (κ1) is 18.0. The number of aliphatic carboxylic acids is 1. The van der Waals surface area contributed by atoms with Gasteiger partial charge in [0.25, 0.3) is 0 Å². The molecule has 5 N–H and O–H groups in total. The summed E-state index contributed by atoms with van der Waals surface area (Å²) in [6.45, 7) is 0.426. The number of hydrogen-bond donors (Lipinski definition) is 5. The molecule has 0 aromatic carbocycles. The Morgan fingerprint density at radius 2 is 1.62 bits per heavy atom. The molecule has 0 aliphatic heterocycles. The predicted octanol–water partition coefficient (Wildman–Crippen LogP) is -0.588. The van der Waals surface area contributed by atoms with Crippen LogP contribution in [0.15, 0.2) is 0 Å². The second-order valence-electron chi connectivity index (χ2n) is 2.51. The van der Waals surface area contributed by atoms with Crippen molar-refractivity contribution in [1.29, 1.82) is 0 Å². The zero-order valence-corrected chi connectivity index (χ0v) is 10.2. The summed E-state index contributed by atoms with van der Waals surface area (Å²) in [5.41, 5.74) is 0. The first-order valence-electron chi connectivity index (χ1n) is 4.37. The summed E-state index contributed by atoms with van der Waals surface area (Å²) in [5, 5.41) is 40.5. The number of thioether (sulfide) groups is 1. The molecule has 0 heterocycles. The highest BCUT2D eigenvalue weighted by molar-refractivity contribution is 7.99. The molecule has 96 valence electrons. The minimum Gasteiger partial charge on any atom is -0.500 e. The molecule has 1 atom stereocenters. The molecule has 0 rings (SSSR count). The maximum absolute atomic E-state index is 9.78. The van der Waals surface area contributed by atoms with Gasteiger partial charge in [-0.3, -0.25) is 4.79 Å². The Balaban J connectivity index is 0. The van der Waals surface area contributed by atoms with Crippen LogP contribution in [0.4, 0.5) is 0 Å². The molecule has 0 radical (unpaired) electrons. The Bertz CT molecular complexity index is 195. The summed E-state index contributed by atoms with van der Waals surface area (Å²) >= 11 is 5.63. The predicted molar refractivity (Wildman–Crippen MR) is 65.0 cm³/mol. The van der Waals surface area contributed by atoms with E-state index in [-0.39, 0.29) is 13.2 Å². The van der Waals surface area contributed by atoms with Crippen LogP contribution in [-0.4, -0.2) is 67.4 Å². The summed E-state index contributed by atoms with van der Waals surface area (Å²) < 4.78 is 0. The van der Waals surface area contributed by atoms with E-state index in [9.17, 15) is 4.79 Å². The van der Waals surface area contributed by atoms with Gasteiger partial charge in [0.1, 0.15) is 6.10 Å². The fraction of sp³-hybridized carbons (Fsp3) is 0.750. The highest BCUT2D eigenvalue weighted by atomic mass is 32.2. The summed E-state index contributed by atoms with van der Waals surface area (Å²) in [5.74, 6) is 0.278. The monoisotopic (exact) mass is 272 g/mol. The largest absolute Gasteiger partial charge is 0.500 e. The van der Waals surface area contributed by atoms with E-state index in [1.54, 1.807) is 11.8 Å². The van der Waals surface area contributed by atoms with Crippen LogP contribution in [0, 0.1) is 0 Å². The van der Waals surface area contributed by atoms with Crippen LogP contribution >= 0.6 is 24.0 Å². The van der Waals surface area contributed by atoms with Crippen LogP contribution in [-0.2, 0) is 4.79 Å². The fourth-order valence-electron chi connectivity index (χ4n) is 0.484. The molecule has 0 saturated heterocycles. The summed E-state index contributed by atoms with van der Waals surface area (Å²) in [6.07, 6.45) is -1.97. The molecular weight excluding hydrogens is 256 g/mol. The summed E-state index contributed by atoms with van der Waals surface area (Å²) in [6, 6.07) is 0. The minimum atomic E-state index is -1.42. The van der Waals surface area contributed by atoms with Gasteiger partial charge in [0, 0.05) is 11.5 Å². The maximum atomic E-state index is 9.78. The molecule has 0 aliphatic rings. The molecule has 16 heavy (non-hydrogen) atoms. The molecule has 0 amide bonds. The third kappa shape index (κ3) is 16.0. The summed E-state index contributed by atoms with van der Waals surface area (Å²) in [7, 11) is 0. The molecule has 0 aromatic rings. The molecule has 8 heteroatoms. The number of carbonyl (C=O) groups is 1. The lowest BCUT2D eigenvalue weighted by Crippen LogP contribution is -2.21.